The highest BCUT2D eigenvalue weighted by Crippen LogP contribution is 2.38. The fourth-order valence-electron chi connectivity index (χ4n) is 1.66. The lowest BCUT2D eigenvalue weighted by molar-refractivity contribution is 0.184. The van der Waals surface area contributed by atoms with Crippen molar-refractivity contribution in [2.75, 3.05) is 12.8 Å². The second kappa shape index (κ2) is 6.15. The molecule has 0 atom stereocenters. The van der Waals surface area contributed by atoms with E-state index >= 15 is 0 Å². The van der Waals surface area contributed by atoms with E-state index in [9.17, 15) is 0 Å². The summed E-state index contributed by atoms with van der Waals surface area (Å²) < 4.78 is 10.8. The van der Waals surface area contributed by atoms with Crippen LogP contribution in [-0.2, 0) is 11.3 Å². The van der Waals surface area contributed by atoms with Gasteiger partial charge in [0.05, 0.1) is 16.7 Å². The van der Waals surface area contributed by atoms with Crippen LogP contribution in [0.3, 0.4) is 0 Å². The molecular weight excluding hydrogens is 285 g/mol. The van der Waals surface area contributed by atoms with Crippen LogP contribution < -0.4 is 10.5 Å². The number of anilines is 1. The largest absolute Gasteiger partial charge is 0.454 e. The van der Waals surface area contributed by atoms with Crippen molar-refractivity contribution in [1.29, 1.82) is 0 Å². The standard InChI is InChI=1S/C14H13Cl2NO2/c1-18-8-9-3-2-4-11(5-9)19-14-12(15)6-10(17)7-13(14)16/h2-7H,8,17H2,1H3. The van der Waals surface area contributed by atoms with Crippen LogP contribution in [0.15, 0.2) is 36.4 Å². The number of nitrogens with two attached hydrogens (primary N) is 1. The predicted molar refractivity (Wildman–Crippen MR) is 78.1 cm³/mol. The van der Waals surface area contributed by atoms with Crippen molar-refractivity contribution in [2.24, 2.45) is 0 Å². The van der Waals surface area contributed by atoms with Crippen LogP contribution in [0.5, 0.6) is 11.5 Å². The summed E-state index contributed by atoms with van der Waals surface area (Å²) in [6.07, 6.45) is 0. The normalized spacial score (nSPS) is 10.5. The molecule has 2 rings (SSSR count). The Morgan fingerprint density at radius 1 is 1.11 bits per heavy atom. The third kappa shape index (κ3) is 3.53. The molecule has 3 nitrogen and oxygen atoms in total. The summed E-state index contributed by atoms with van der Waals surface area (Å²) in [4.78, 5) is 0. The van der Waals surface area contributed by atoms with Gasteiger partial charge in [0.15, 0.2) is 5.75 Å². The van der Waals surface area contributed by atoms with Crippen LogP contribution >= 0.6 is 23.2 Å². The minimum Gasteiger partial charge on any atom is -0.454 e. The van der Waals surface area contributed by atoms with Gasteiger partial charge in [0.2, 0.25) is 0 Å². The molecule has 2 aromatic carbocycles. The Labute approximate surface area is 121 Å². The summed E-state index contributed by atoms with van der Waals surface area (Å²) in [5.41, 5.74) is 7.14. The quantitative estimate of drug-likeness (QED) is 0.844. The molecule has 5 heteroatoms. The van der Waals surface area contributed by atoms with Crippen molar-refractivity contribution < 1.29 is 9.47 Å². The van der Waals surface area contributed by atoms with E-state index < -0.39 is 0 Å². The maximum Gasteiger partial charge on any atom is 0.164 e. The van der Waals surface area contributed by atoms with Gasteiger partial charge >= 0.3 is 0 Å². The predicted octanol–water partition coefficient (Wildman–Crippen LogP) is 4.51. The van der Waals surface area contributed by atoms with E-state index in [-0.39, 0.29) is 0 Å². The molecule has 0 fully saturated rings. The van der Waals surface area contributed by atoms with Crippen molar-refractivity contribution in [3.63, 3.8) is 0 Å². The second-order valence-electron chi connectivity index (χ2n) is 4.00. The summed E-state index contributed by atoms with van der Waals surface area (Å²) in [5, 5.41) is 0.754. The smallest absolute Gasteiger partial charge is 0.164 e. The Morgan fingerprint density at radius 3 is 2.42 bits per heavy atom. The number of hydrogen-bond donors (Lipinski definition) is 1. The van der Waals surface area contributed by atoms with Gasteiger partial charge in [-0.1, -0.05) is 35.3 Å². The van der Waals surface area contributed by atoms with Gasteiger partial charge in [-0.15, -0.1) is 0 Å². The molecule has 0 unspecified atom stereocenters. The van der Waals surface area contributed by atoms with Gasteiger partial charge < -0.3 is 15.2 Å². The van der Waals surface area contributed by atoms with Gasteiger partial charge in [-0.3, -0.25) is 0 Å². The topological polar surface area (TPSA) is 44.5 Å². The summed E-state index contributed by atoms with van der Waals surface area (Å²) >= 11 is 12.1. The molecule has 0 saturated heterocycles. The molecule has 19 heavy (non-hydrogen) atoms. The molecule has 2 aromatic rings. The molecule has 0 aliphatic carbocycles. The maximum atomic E-state index is 6.07. The molecule has 0 aromatic heterocycles. The first-order valence-corrected chi connectivity index (χ1v) is 6.36. The highest BCUT2D eigenvalue weighted by Gasteiger charge is 2.10. The molecule has 0 bridgehead atoms. The summed E-state index contributed by atoms with van der Waals surface area (Å²) in [7, 11) is 1.64. The zero-order valence-electron chi connectivity index (χ0n) is 10.3. The van der Waals surface area contributed by atoms with Crippen molar-refractivity contribution in [2.45, 2.75) is 6.61 Å². The molecule has 0 heterocycles. The first-order valence-electron chi connectivity index (χ1n) is 5.60. The van der Waals surface area contributed by atoms with Crippen molar-refractivity contribution in [3.8, 4) is 11.5 Å². The van der Waals surface area contributed by atoms with Crippen LogP contribution in [0, 0.1) is 0 Å². The minimum absolute atomic E-state index is 0.377. The number of nitrogen functional groups attached to an aromatic ring is 1. The van der Waals surface area contributed by atoms with E-state index in [1.807, 2.05) is 24.3 Å². The fraction of sp³-hybridized carbons (Fsp3) is 0.143. The number of halogens is 2. The van der Waals surface area contributed by atoms with Gasteiger partial charge in [0.25, 0.3) is 0 Å². The van der Waals surface area contributed by atoms with Gasteiger partial charge in [-0.05, 0) is 29.8 Å². The monoisotopic (exact) mass is 297 g/mol. The Balaban J connectivity index is 2.28. The SMILES string of the molecule is COCc1cccc(Oc2c(Cl)cc(N)cc2Cl)c1. The van der Waals surface area contributed by atoms with Crippen LogP contribution in [0.25, 0.3) is 0 Å². The zero-order valence-corrected chi connectivity index (χ0v) is 11.8. The lowest BCUT2D eigenvalue weighted by Gasteiger charge is -2.11. The van der Waals surface area contributed by atoms with E-state index in [2.05, 4.69) is 0 Å². The Kier molecular flexibility index (Phi) is 4.53. The summed E-state index contributed by atoms with van der Waals surface area (Å²) in [6.45, 7) is 0.514. The lowest BCUT2D eigenvalue weighted by atomic mass is 10.2. The second-order valence-corrected chi connectivity index (χ2v) is 4.81. The van der Waals surface area contributed by atoms with Gasteiger partial charge in [0, 0.05) is 12.8 Å². The van der Waals surface area contributed by atoms with E-state index in [1.165, 1.54) is 0 Å². The minimum atomic E-state index is 0.377. The molecule has 0 saturated carbocycles. The average Bonchev–Trinajstić information content (AvgIpc) is 2.35. The Hall–Kier alpha value is -1.42. The fourth-order valence-corrected chi connectivity index (χ4v) is 2.24. The van der Waals surface area contributed by atoms with Gasteiger partial charge in [0.1, 0.15) is 5.75 Å². The highest BCUT2D eigenvalue weighted by molar-refractivity contribution is 6.37. The number of benzene rings is 2. The van der Waals surface area contributed by atoms with Crippen LogP contribution in [0.1, 0.15) is 5.56 Å². The van der Waals surface area contributed by atoms with Crippen molar-refractivity contribution in [1.82, 2.24) is 0 Å². The molecule has 100 valence electrons. The van der Waals surface area contributed by atoms with Crippen molar-refractivity contribution >= 4 is 28.9 Å². The molecule has 0 aliphatic rings. The summed E-state index contributed by atoms with van der Waals surface area (Å²) in [6, 6.07) is 10.7. The number of rotatable bonds is 4. The van der Waals surface area contributed by atoms with E-state index in [0.29, 0.717) is 33.8 Å². The number of ether oxygens (including phenoxy) is 2. The number of hydrogen-bond acceptors (Lipinski definition) is 3. The molecule has 2 N–H and O–H groups in total. The molecule has 0 aliphatic heterocycles. The molecule has 0 spiro atoms. The first-order chi connectivity index (χ1) is 9.10. The van der Waals surface area contributed by atoms with E-state index in [4.69, 9.17) is 38.4 Å². The molecular formula is C14H13Cl2NO2. The van der Waals surface area contributed by atoms with Gasteiger partial charge in [-0.25, -0.2) is 0 Å². The van der Waals surface area contributed by atoms with Crippen LogP contribution in [0.2, 0.25) is 10.0 Å². The molecule has 0 amide bonds. The summed E-state index contributed by atoms with van der Waals surface area (Å²) in [5.74, 6) is 1.04. The van der Waals surface area contributed by atoms with E-state index in [1.54, 1.807) is 19.2 Å². The van der Waals surface area contributed by atoms with E-state index in [0.717, 1.165) is 5.56 Å². The van der Waals surface area contributed by atoms with Crippen molar-refractivity contribution in [3.05, 3.63) is 52.0 Å². The zero-order chi connectivity index (χ0) is 13.8. The third-order valence-corrected chi connectivity index (χ3v) is 3.01. The van der Waals surface area contributed by atoms with Crippen LogP contribution in [-0.4, -0.2) is 7.11 Å². The average molecular weight is 298 g/mol. The Bertz CT molecular complexity index is 564. The third-order valence-electron chi connectivity index (χ3n) is 2.45. The lowest BCUT2D eigenvalue weighted by Crippen LogP contribution is -1.92. The molecule has 0 radical (unpaired) electrons. The first kappa shape index (κ1) is 14.0. The van der Waals surface area contributed by atoms with Crippen LogP contribution in [0.4, 0.5) is 5.69 Å². The maximum absolute atomic E-state index is 6.07. The Morgan fingerprint density at radius 2 is 1.79 bits per heavy atom. The number of methoxy groups -OCH3 is 1. The highest BCUT2D eigenvalue weighted by atomic mass is 35.5. The van der Waals surface area contributed by atoms with Gasteiger partial charge in [-0.2, -0.15) is 0 Å².